The van der Waals surface area contributed by atoms with Crippen molar-refractivity contribution in [2.75, 3.05) is 5.32 Å². The maximum Gasteiger partial charge on any atom is 0.271 e. The molecule has 41 heavy (non-hydrogen) atoms. The summed E-state index contributed by atoms with van der Waals surface area (Å²) in [5.74, 6) is 2.36. The Kier molecular flexibility index (Phi) is 8.26. The largest absolute Gasteiger partial charge is 0.378 e. The molecule has 206 valence electrons. The molecule has 2 aliphatic rings. The lowest BCUT2D eigenvalue weighted by Crippen LogP contribution is -2.29. The summed E-state index contributed by atoms with van der Waals surface area (Å²) < 4.78 is 0. The summed E-state index contributed by atoms with van der Waals surface area (Å²) in [5.41, 5.74) is 11.1. The van der Waals surface area contributed by atoms with E-state index in [-0.39, 0.29) is 11.9 Å². The first-order valence-corrected chi connectivity index (χ1v) is 15.5. The van der Waals surface area contributed by atoms with Gasteiger partial charge in [-0.3, -0.25) is 4.79 Å². The van der Waals surface area contributed by atoms with Gasteiger partial charge in [-0.2, -0.15) is 16.9 Å². The van der Waals surface area contributed by atoms with Crippen LogP contribution in [0.3, 0.4) is 0 Å². The maximum atomic E-state index is 12.8. The van der Waals surface area contributed by atoms with E-state index in [1.54, 1.807) is 0 Å². The number of nitrogens with one attached hydrogen (secondary N) is 2. The Hall–Kier alpha value is -3.80. The second-order valence-corrected chi connectivity index (χ2v) is 12.0. The molecule has 4 aromatic rings. The highest BCUT2D eigenvalue weighted by molar-refractivity contribution is 7.97. The summed E-state index contributed by atoms with van der Waals surface area (Å²) in [4.78, 5) is 12.8. The molecule has 1 amide bonds. The number of amides is 1. The zero-order valence-electron chi connectivity index (χ0n) is 22.9. The van der Waals surface area contributed by atoms with Crippen molar-refractivity contribution in [2.24, 2.45) is 11.0 Å². The number of benzene rings is 4. The van der Waals surface area contributed by atoms with Crippen LogP contribution in [-0.4, -0.2) is 11.6 Å². The van der Waals surface area contributed by atoms with Crippen LogP contribution in [0.4, 0.5) is 5.69 Å². The first-order chi connectivity index (χ1) is 20.1. The lowest BCUT2D eigenvalue weighted by molar-refractivity contribution is 0.0955. The first kappa shape index (κ1) is 27.4. The molecular formula is C35H32ClN3OS. The van der Waals surface area contributed by atoms with Gasteiger partial charge in [0.25, 0.3) is 5.91 Å². The Balaban J connectivity index is 1.10. The highest BCUT2D eigenvalue weighted by Crippen LogP contribution is 2.50. The molecular weight excluding hydrogens is 546 g/mol. The summed E-state index contributed by atoms with van der Waals surface area (Å²) in [6, 6.07) is 32.9. The fourth-order valence-corrected chi connectivity index (χ4v) is 6.94. The van der Waals surface area contributed by atoms with Gasteiger partial charge in [0.05, 0.1) is 11.8 Å². The Morgan fingerprint density at radius 3 is 2.39 bits per heavy atom. The number of fused-ring (bicyclic) bond motifs is 3. The molecule has 0 spiro atoms. The van der Waals surface area contributed by atoms with E-state index >= 15 is 0 Å². The van der Waals surface area contributed by atoms with Gasteiger partial charge in [0.1, 0.15) is 0 Å². The number of hydrazone groups is 1. The van der Waals surface area contributed by atoms with Gasteiger partial charge in [0.2, 0.25) is 0 Å². The van der Waals surface area contributed by atoms with E-state index in [1.165, 1.54) is 16.7 Å². The molecule has 0 saturated carbocycles. The molecule has 4 nitrogen and oxygen atoms in total. The third kappa shape index (κ3) is 6.12. The van der Waals surface area contributed by atoms with E-state index in [2.05, 4.69) is 76.5 Å². The van der Waals surface area contributed by atoms with E-state index in [4.69, 9.17) is 11.6 Å². The minimum atomic E-state index is -0.214. The molecule has 1 aliphatic heterocycles. The summed E-state index contributed by atoms with van der Waals surface area (Å²) in [6.45, 7) is 1.93. The molecule has 0 unspecified atom stereocenters. The summed E-state index contributed by atoms with van der Waals surface area (Å²) in [6.07, 6.45) is 5.60. The maximum absolute atomic E-state index is 12.8. The third-order valence-corrected chi connectivity index (χ3v) is 9.36. The van der Waals surface area contributed by atoms with E-state index in [0.717, 1.165) is 45.5 Å². The Morgan fingerprint density at radius 2 is 1.61 bits per heavy atom. The van der Waals surface area contributed by atoms with Crippen molar-refractivity contribution in [2.45, 2.75) is 36.8 Å². The summed E-state index contributed by atoms with van der Waals surface area (Å²) >= 11 is 8.45. The number of hydrogen-bond donors (Lipinski definition) is 2. The van der Waals surface area contributed by atoms with Crippen LogP contribution in [0.2, 0.25) is 5.02 Å². The van der Waals surface area contributed by atoms with Crippen molar-refractivity contribution < 1.29 is 4.79 Å². The van der Waals surface area contributed by atoms with Crippen LogP contribution < -0.4 is 10.7 Å². The summed E-state index contributed by atoms with van der Waals surface area (Å²) in [5, 5.41) is 8.99. The summed E-state index contributed by atoms with van der Waals surface area (Å²) in [7, 11) is 0. The highest BCUT2D eigenvalue weighted by atomic mass is 35.5. The fraction of sp³-hybridized carbons (Fsp3) is 0.200. The van der Waals surface area contributed by atoms with Gasteiger partial charge < -0.3 is 5.32 Å². The van der Waals surface area contributed by atoms with Gasteiger partial charge in [-0.15, -0.1) is 0 Å². The topological polar surface area (TPSA) is 53.5 Å². The molecule has 1 aliphatic carbocycles. The highest BCUT2D eigenvalue weighted by Gasteiger charge is 2.38. The van der Waals surface area contributed by atoms with Crippen molar-refractivity contribution in [3.8, 4) is 0 Å². The molecule has 0 aromatic heterocycles. The van der Waals surface area contributed by atoms with Gasteiger partial charge in [-0.05, 0) is 77.4 Å². The predicted molar refractivity (Wildman–Crippen MR) is 172 cm³/mol. The van der Waals surface area contributed by atoms with Crippen molar-refractivity contribution in [1.82, 2.24) is 5.43 Å². The van der Waals surface area contributed by atoms with E-state index in [0.29, 0.717) is 17.4 Å². The molecule has 6 heteroatoms. The van der Waals surface area contributed by atoms with Crippen LogP contribution in [0, 0.1) is 5.92 Å². The number of halogens is 1. The second kappa shape index (κ2) is 12.4. The average molecular weight is 578 g/mol. The molecule has 6 rings (SSSR count). The van der Waals surface area contributed by atoms with Crippen LogP contribution in [0.15, 0.2) is 114 Å². The number of anilines is 1. The lowest BCUT2D eigenvalue weighted by atomic mass is 9.76. The molecule has 0 fully saturated rings. The van der Waals surface area contributed by atoms with E-state index < -0.39 is 0 Å². The quantitative estimate of drug-likeness (QED) is 0.125. The third-order valence-electron chi connectivity index (χ3n) is 7.94. The minimum absolute atomic E-state index is 0.157. The Morgan fingerprint density at radius 1 is 0.902 bits per heavy atom. The smallest absolute Gasteiger partial charge is 0.271 e. The Labute approximate surface area is 250 Å². The van der Waals surface area contributed by atoms with Crippen LogP contribution in [-0.2, 0) is 11.5 Å². The molecule has 3 atom stereocenters. The van der Waals surface area contributed by atoms with Gasteiger partial charge in [0, 0.05) is 33.7 Å². The van der Waals surface area contributed by atoms with Gasteiger partial charge in [0.15, 0.2) is 0 Å². The molecule has 1 heterocycles. The van der Waals surface area contributed by atoms with Crippen molar-refractivity contribution in [3.05, 3.63) is 148 Å². The SMILES string of the molecule is C/C(=N/NC(=O)c1ccc(CSCc2ccccc2)cc1)c1ccc2c(c1)[C@@H]1C=CC[C@@H]1[C@H](c1ccccc1Cl)N2. The minimum Gasteiger partial charge on any atom is -0.378 e. The monoisotopic (exact) mass is 577 g/mol. The van der Waals surface area contributed by atoms with Crippen molar-refractivity contribution >= 4 is 40.7 Å². The number of rotatable bonds is 8. The van der Waals surface area contributed by atoms with Gasteiger partial charge >= 0.3 is 0 Å². The van der Waals surface area contributed by atoms with Gasteiger partial charge in [-0.25, -0.2) is 5.43 Å². The zero-order valence-corrected chi connectivity index (χ0v) is 24.5. The van der Waals surface area contributed by atoms with Crippen LogP contribution in [0.25, 0.3) is 0 Å². The normalized spacial score (nSPS) is 19.3. The lowest BCUT2D eigenvalue weighted by Gasteiger charge is -2.38. The average Bonchev–Trinajstić information content (AvgIpc) is 3.51. The van der Waals surface area contributed by atoms with Crippen LogP contribution in [0.1, 0.15) is 63.5 Å². The molecule has 4 aromatic carbocycles. The number of allylic oxidation sites excluding steroid dienone is 2. The number of thioether (sulfide) groups is 1. The van der Waals surface area contributed by atoms with E-state index in [9.17, 15) is 4.79 Å². The molecule has 2 N–H and O–H groups in total. The van der Waals surface area contributed by atoms with Crippen LogP contribution in [0.5, 0.6) is 0 Å². The molecule has 0 bridgehead atoms. The van der Waals surface area contributed by atoms with Crippen molar-refractivity contribution in [1.29, 1.82) is 0 Å². The van der Waals surface area contributed by atoms with Gasteiger partial charge in [-0.1, -0.05) is 90.5 Å². The number of hydrogen-bond acceptors (Lipinski definition) is 4. The second-order valence-electron chi connectivity index (χ2n) is 10.6. The first-order valence-electron chi connectivity index (χ1n) is 13.9. The standard InChI is InChI=1S/C35H32ClN3OS/c1-23(38-39-35(40)26-16-14-25(15-17-26)22-41-21-24-8-3-2-4-9-24)27-18-19-33-31(20-27)28-11-7-12-29(28)34(37-33)30-10-5-6-13-32(30)36/h2-11,13-20,28-29,34,37H,12,21-22H2,1H3,(H,39,40)/b38-23-/t28-,29+,34-/m1/s1. The predicted octanol–water partition coefficient (Wildman–Crippen LogP) is 8.75. The fourth-order valence-electron chi connectivity index (χ4n) is 5.73. The number of carbonyl (C=O) groups is 1. The number of carbonyl (C=O) groups excluding carboxylic acids is 1. The molecule has 0 saturated heterocycles. The zero-order chi connectivity index (χ0) is 28.2. The van der Waals surface area contributed by atoms with E-state index in [1.807, 2.05) is 67.2 Å². The van der Waals surface area contributed by atoms with Crippen molar-refractivity contribution in [3.63, 3.8) is 0 Å². The van der Waals surface area contributed by atoms with Crippen LogP contribution >= 0.6 is 23.4 Å². The molecule has 0 radical (unpaired) electrons. The Bertz CT molecular complexity index is 1600. The number of nitrogens with zero attached hydrogens (tertiary/aromatic N) is 1.